The van der Waals surface area contributed by atoms with Crippen LogP contribution >= 0.6 is 11.6 Å². The maximum Gasteiger partial charge on any atom is 0.422 e. The number of para-hydroxylation sites is 2. The van der Waals surface area contributed by atoms with Gasteiger partial charge in [-0.15, -0.1) is 0 Å². The smallest absolute Gasteiger partial charge is 0.422 e. The van der Waals surface area contributed by atoms with E-state index in [1.807, 2.05) is 99.6 Å². The molecule has 1 unspecified atom stereocenters. The first-order valence-electron chi connectivity index (χ1n) is 43.2. The van der Waals surface area contributed by atoms with E-state index in [9.17, 15) is 40.3 Å². The number of carbonyl (C=O) groups is 2. The zero-order chi connectivity index (χ0) is 89.1. The molecule has 0 bridgehead atoms. The lowest BCUT2D eigenvalue weighted by atomic mass is 9.57. The number of pyridine rings is 2. The number of allylic oxidation sites excluding steroid dienone is 1. The highest BCUT2D eigenvalue weighted by atomic mass is 35.5. The van der Waals surface area contributed by atoms with Crippen LogP contribution in [-0.4, -0.2) is 144 Å². The number of benzene rings is 7. The van der Waals surface area contributed by atoms with Crippen LogP contribution in [0.25, 0.3) is 22.3 Å². The van der Waals surface area contributed by atoms with E-state index in [1.165, 1.54) is 72.5 Å². The van der Waals surface area contributed by atoms with Crippen molar-refractivity contribution in [2.24, 2.45) is 11.3 Å². The summed E-state index contributed by atoms with van der Waals surface area (Å²) in [6, 6.07) is 63.3. The number of H-pyrrole nitrogens is 1. The topological polar surface area (TPSA) is 167 Å². The molecule has 0 amide bonds. The fraction of sp³-hybridized carbons (Fsp3) is 0.402. The standard InChI is InChI=1S/C30H40FN3O2.C27H30ClNO2.C24H24F3N3O.C21H22F3NO2/c1-21(2)29-25-12-11-23(31)18-22(25)13-14-30(29,19-24(35)20-36-4)15-17-34(3)16-7-10-28-32-26-8-5-6-9-27(26)33-28;1-30-26-15-9-21(10-16-26)17-19-29-18-5-8-25(29)20-31-27(22-6-3-2-4-7-22)23-11-13-24(28)14-12-23;1-16(12-17(2)22-9-8-21(14-30-22)31-15-24(25,26)27)13-19-4-6-20(7-5-19)23-18(3)28-10-11-29-23;1-14(20-9-8-19(12-25-20)27-13-21(22,23)24)10-18(26)11-15-2-4-16(5-3-15)17-6-7-17/h5-6,8-9,11-12,18,21,29H,7,10,13-17,19-20H2,1-4H3,(H,32,33);2-4,6-7,9-16,25,27H,5,8,17-20H2,1H3;4-11,14,17H,1,12-13,15H2,2-3H3;2-5,8-9,12,14,17H,6-7,10-11,13H2,1H3/t29-,30+;25-,27?;17-;14-/m0000/s1. The molecule has 125 heavy (non-hydrogen) atoms. The molecule has 14 rings (SSSR count). The fourth-order valence-electron chi connectivity index (χ4n) is 17.0. The Labute approximate surface area is 736 Å². The predicted molar refractivity (Wildman–Crippen MR) is 480 cm³/mol. The van der Waals surface area contributed by atoms with Crippen LogP contribution in [0.2, 0.25) is 5.02 Å². The lowest BCUT2D eigenvalue weighted by Gasteiger charge is -2.48. The normalized spacial score (nSPS) is 16.5. The summed E-state index contributed by atoms with van der Waals surface area (Å²) in [5.74, 6) is 3.43. The van der Waals surface area contributed by atoms with Gasteiger partial charge < -0.3 is 33.6 Å². The van der Waals surface area contributed by atoms with Gasteiger partial charge in [0, 0.05) is 91.6 Å². The van der Waals surface area contributed by atoms with E-state index in [4.69, 9.17) is 35.5 Å². The van der Waals surface area contributed by atoms with Crippen LogP contribution in [0.15, 0.2) is 231 Å². The van der Waals surface area contributed by atoms with Gasteiger partial charge in [0.2, 0.25) is 0 Å². The lowest BCUT2D eigenvalue weighted by Crippen LogP contribution is -2.41. The van der Waals surface area contributed by atoms with Crippen molar-refractivity contribution in [2.45, 2.75) is 179 Å². The summed E-state index contributed by atoms with van der Waals surface area (Å²) in [5.41, 5.74) is 16.7. The summed E-state index contributed by atoms with van der Waals surface area (Å²) < 4.78 is 114. The lowest BCUT2D eigenvalue weighted by molar-refractivity contribution is -0.154. The molecule has 1 N–H and O–H groups in total. The van der Waals surface area contributed by atoms with Crippen molar-refractivity contribution in [1.82, 2.24) is 39.7 Å². The number of imidazole rings is 1. The molecule has 0 spiro atoms. The number of Topliss-reactive ketones (excluding diaryl/α,β-unsaturated/α-hetero) is 2. The summed E-state index contributed by atoms with van der Waals surface area (Å²) in [7, 11) is 5.45. The number of likely N-dealkylation sites (tertiary alicyclic amines) is 1. The highest BCUT2D eigenvalue weighted by molar-refractivity contribution is 6.30. The van der Waals surface area contributed by atoms with Crippen LogP contribution in [0.3, 0.4) is 0 Å². The van der Waals surface area contributed by atoms with Crippen LogP contribution in [-0.2, 0) is 51.2 Å². The molecule has 1 aliphatic heterocycles. The number of carbonyl (C=O) groups excluding carboxylic acids is 2. The van der Waals surface area contributed by atoms with Crippen LogP contribution in [0.1, 0.15) is 189 Å². The Morgan fingerprint density at radius 3 is 1.90 bits per heavy atom. The molecule has 15 nitrogen and oxygen atoms in total. The predicted octanol–water partition coefficient (Wildman–Crippen LogP) is 23.4. The Balaban J connectivity index is 0.000000163. The number of aryl methyl sites for hydroxylation is 3. The molecule has 1 saturated carbocycles. The summed E-state index contributed by atoms with van der Waals surface area (Å²) >= 11 is 6.11. The SMILES string of the molecule is C=C(Cc1ccc(-c2nccnc2C)cc1)C[C@H](C)c1ccc(OCC(F)(F)F)cn1.COCC(=O)C[C@]1(CCN(C)CCCc2nc3ccccc3[nH]2)CCc2cc(F)ccc2[C@@H]1C(C)C.COc1ccc(CCN2CCC[C@H]2COC(c2ccccc2)c2ccc(Cl)cc2)cc1.C[C@@H](CC(=O)Cc1ccc(C2CC2)cc1)c1ccc(OCC(F)(F)F)cn1. The summed E-state index contributed by atoms with van der Waals surface area (Å²) in [6.45, 7) is 16.8. The van der Waals surface area contributed by atoms with Gasteiger partial charge in [0.05, 0.1) is 48.5 Å². The van der Waals surface area contributed by atoms with E-state index in [0.717, 1.165) is 162 Å². The maximum atomic E-state index is 14.0. The fourth-order valence-corrected chi connectivity index (χ4v) is 17.1. The first-order chi connectivity index (χ1) is 60.0. The van der Waals surface area contributed by atoms with Crippen LogP contribution < -0.4 is 14.2 Å². The van der Waals surface area contributed by atoms with E-state index < -0.39 is 25.6 Å². The molecule has 2 aliphatic carbocycles. The Bertz CT molecular complexity index is 5140. The van der Waals surface area contributed by atoms with Gasteiger partial charge in [-0.05, 0) is 245 Å². The third-order valence-electron chi connectivity index (χ3n) is 23.4. The number of methoxy groups -OCH3 is 2. The number of ether oxygens (including phenoxy) is 5. The van der Waals surface area contributed by atoms with Crippen molar-refractivity contribution in [1.29, 1.82) is 0 Å². The van der Waals surface area contributed by atoms with Crippen molar-refractivity contribution in [2.75, 3.05) is 73.9 Å². The van der Waals surface area contributed by atoms with Gasteiger partial charge in [-0.25, -0.2) is 9.37 Å². The number of fused-ring (bicyclic) bond motifs is 2. The Morgan fingerprint density at radius 2 is 1.28 bits per heavy atom. The maximum absolute atomic E-state index is 14.0. The highest BCUT2D eigenvalue weighted by Gasteiger charge is 2.46. The number of aromatic nitrogens is 6. The molecule has 1 saturated heterocycles. The molecular formula is C102H116ClF7N8O7. The number of halogens is 8. The molecule has 2 fully saturated rings. The number of alkyl halides is 6. The molecule has 5 heterocycles. The van der Waals surface area contributed by atoms with Gasteiger partial charge >= 0.3 is 12.4 Å². The van der Waals surface area contributed by atoms with Gasteiger partial charge in [-0.1, -0.05) is 173 Å². The number of nitrogens with zero attached hydrogens (tertiary/aromatic N) is 7. The Kier molecular flexibility index (Phi) is 35.1. The zero-order valence-corrected chi connectivity index (χ0v) is 73.6. The molecule has 662 valence electrons. The van der Waals surface area contributed by atoms with E-state index >= 15 is 0 Å². The average molecular weight is 1730 g/mol. The first-order valence-corrected chi connectivity index (χ1v) is 43.6. The second-order valence-electron chi connectivity index (χ2n) is 33.7. The molecule has 6 atom stereocenters. The van der Waals surface area contributed by atoms with Crippen molar-refractivity contribution in [3.05, 3.63) is 309 Å². The van der Waals surface area contributed by atoms with Gasteiger partial charge in [0.15, 0.2) is 19.0 Å². The van der Waals surface area contributed by atoms with E-state index in [0.29, 0.717) is 42.8 Å². The minimum atomic E-state index is -4.38. The van der Waals surface area contributed by atoms with Crippen LogP contribution in [0.5, 0.6) is 17.2 Å². The molecule has 3 aliphatic rings. The van der Waals surface area contributed by atoms with E-state index in [-0.39, 0.29) is 64.8 Å². The zero-order valence-electron chi connectivity index (χ0n) is 72.8. The summed E-state index contributed by atoms with van der Waals surface area (Å²) in [5, 5.41) is 0.746. The van der Waals surface area contributed by atoms with Crippen LogP contribution in [0.4, 0.5) is 30.7 Å². The number of hydrogen-bond donors (Lipinski definition) is 1. The molecule has 11 aromatic rings. The van der Waals surface area contributed by atoms with Crippen LogP contribution in [0, 0.1) is 24.1 Å². The minimum Gasteiger partial charge on any atom is -0.497 e. The van der Waals surface area contributed by atoms with Gasteiger partial charge in [-0.3, -0.25) is 34.4 Å². The molecule has 0 radical (unpaired) electrons. The summed E-state index contributed by atoms with van der Waals surface area (Å²) in [4.78, 5) is 55.3. The number of nitrogens with one attached hydrogen (secondary N) is 1. The molecule has 4 aromatic heterocycles. The minimum absolute atomic E-state index is 0.0605. The summed E-state index contributed by atoms with van der Waals surface area (Å²) in [6.07, 6.45) is 10.3. The van der Waals surface area contributed by atoms with Gasteiger partial charge in [-0.2, -0.15) is 26.3 Å². The van der Waals surface area contributed by atoms with Crippen molar-refractivity contribution >= 4 is 34.2 Å². The molecular weight excluding hydrogens is 1620 g/mol. The average Bonchev–Trinajstić information content (AvgIpc) is 1.09. The largest absolute Gasteiger partial charge is 0.497 e. The van der Waals surface area contributed by atoms with E-state index in [1.54, 1.807) is 50.9 Å². The van der Waals surface area contributed by atoms with Crippen molar-refractivity contribution in [3.63, 3.8) is 0 Å². The number of rotatable bonds is 37. The van der Waals surface area contributed by atoms with Crippen molar-refractivity contribution in [3.8, 4) is 28.5 Å². The second-order valence-corrected chi connectivity index (χ2v) is 34.2. The third kappa shape index (κ3) is 29.8. The first kappa shape index (κ1) is 95.2. The highest BCUT2D eigenvalue weighted by Crippen LogP contribution is 2.54. The second kappa shape index (κ2) is 46.1. The number of hydrogen-bond acceptors (Lipinski definition) is 14. The van der Waals surface area contributed by atoms with E-state index in [2.05, 4.69) is 146 Å². The van der Waals surface area contributed by atoms with Gasteiger partial charge in [0.25, 0.3) is 0 Å². The molecule has 23 heteroatoms. The third-order valence-corrected chi connectivity index (χ3v) is 23.7. The number of ketones is 2. The van der Waals surface area contributed by atoms with Crippen molar-refractivity contribution < 1.29 is 64.0 Å². The quantitative estimate of drug-likeness (QED) is 0.0288. The monoisotopic (exact) mass is 1730 g/mol. The van der Waals surface area contributed by atoms with Gasteiger partial charge in [0.1, 0.15) is 47.4 Å². The molecule has 7 aromatic carbocycles. The Morgan fingerprint density at radius 1 is 0.664 bits per heavy atom. The number of aromatic amines is 1. The Hall–Kier alpha value is -10.5.